The summed E-state index contributed by atoms with van der Waals surface area (Å²) in [7, 11) is 0. The lowest BCUT2D eigenvalue weighted by atomic mass is 10.0. The molecule has 1 aromatic heterocycles. The predicted molar refractivity (Wildman–Crippen MR) is 83.5 cm³/mol. The Morgan fingerprint density at radius 3 is 2.75 bits per heavy atom. The number of likely N-dealkylation sites (tertiary alicyclic amines) is 1. The first-order chi connectivity index (χ1) is 9.67. The van der Waals surface area contributed by atoms with Gasteiger partial charge in [0.25, 0.3) is 0 Å². The third-order valence-corrected chi connectivity index (χ3v) is 4.44. The lowest BCUT2D eigenvalue weighted by Crippen LogP contribution is -2.41. The topological polar surface area (TPSA) is 45.4 Å². The fraction of sp³-hybridized carbons (Fsp3) is 0.688. The van der Waals surface area contributed by atoms with E-state index >= 15 is 0 Å². The maximum atomic E-state index is 6.25. The van der Waals surface area contributed by atoms with Crippen molar-refractivity contribution in [2.45, 2.75) is 45.3 Å². The highest BCUT2D eigenvalue weighted by atomic mass is 15.3. The average Bonchev–Trinajstić information content (AvgIpc) is 2.90. The lowest BCUT2D eigenvalue weighted by molar-refractivity contribution is 0.176. The molecule has 3 atom stereocenters. The number of rotatable bonds is 6. The maximum Gasteiger partial charge on any atom is 0.0512 e. The van der Waals surface area contributed by atoms with E-state index in [9.17, 15) is 0 Å². The third-order valence-electron chi connectivity index (χ3n) is 4.44. The van der Waals surface area contributed by atoms with Gasteiger partial charge in [-0.1, -0.05) is 19.9 Å². The quantitative estimate of drug-likeness (QED) is 0.862. The number of pyridine rings is 1. The van der Waals surface area contributed by atoms with E-state index in [0.29, 0.717) is 6.04 Å². The minimum Gasteiger partial charge on any atom is -0.326 e. The van der Waals surface area contributed by atoms with Gasteiger partial charge in [-0.3, -0.25) is 14.8 Å². The normalized spacial score (nSPS) is 23.1. The summed E-state index contributed by atoms with van der Waals surface area (Å²) in [6.45, 7) is 11.1. The van der Waals surface area contributed by atoms with Crippen LogP contribution in [0.4, 0.5) is 0 Å². The molecular formula is C16H28N4. The molecule has 0 spiro atoms. The van der Waals surface area contributed by atoms with Gasteiger partial charge in [0.15, 0.2) is 0 Å². The molecule has 0 radical (unpaired) electrons. The van der Waals surface area contributed by atoms with Crippen LogP contribution in [-0.4, -0.2) is 53.0 Å². The molecule has 0 aromatic carbocycles. The van der Waals surface area contributed by atoms with Gasteiger partial charge in [-0.15, -0.1) is 0 Å². The van der Waals surface area contributed by atoms with Crippen molar-refractivity contribution in [2.24, 2.45) is 5.73 Å². The Labute approximate surface area is 123 Å². The highest BCUT2D eigenvalue weighted by Gasteiger charge is 2.33. The van der Waals surface area contributed by atoms with E-state index < -0.39 is 0 Å². The molecule has 1 saturated heterocycles. The zero-order valence-corrected chi connectivity index (χ0v) is 13.0. The highest BCUT2D eigenvalue weighted by molar-refractivity contribution is 5.16. The van der Waals surface area contributed by atoms with Gasteiger partial charge in [0.05, 0.1) is 6.04 Å². The van der Waals surface area contributed by atoms with Crippen molar-refractivity contribution in [1.29, 1.82) is 0 Å². The number of nitrogens with two attached hydrogens (primary N) is 1. The molecule has 1 aliphatic heterocycles. The second kappa shape index (κ2) is 7.16. The van der Waals surface area contributed by atoms with Gasteiger partial charge in [0.2, 0.25) is 0 Å². The fourth-order valence-electron chi connectivity index (χ4n) is 3.46. The molecule has 0 saturated carbocycles. The van der Waals surface area contributed by atoms with Crippen molar-refractivity contribution in [2.75, 3.05) is 26.2 Å². The van der Waals surface area contributed by atoms with Gasteiger partial charge >= 0.3 is 0 Å². The van der Waals surface area contributed by atoms with Crippen LogP contribution in [0.5, 0.6) is 0 Å². The third kappa shape index (κ3) is 3.37. The van der Waals surface area contributed by atoms with Gasteiger partial charge in [-0.25, -0.2) is 0 Å². The van der Waals surface area contributed by atoms with Crippen LogP contribution in [0.25, 0.3) is 0 Å². The van der Waals surface area contributed by atoms with Gasteiger partial charge < -0.3 is 5.73 Å². The number of likely N-dealkylation sites (N-methyl/N-ethyl adjacent to an activating group) is 1. The molecule has 0 aliphatic carbocycles. The van der Waals surface area contributed by atoms with E-state index in [1.807, 2.05) is 18.5 Å². The van der Waals surface area contributed by atoms with Crippen molar-refractivity contribution in [3.8, 4) is 0 Å². The maximum absolute atomic E-state index is 6.25. The average molecular weight is 276 g/mol. The van der Waals surface area contributed by atoms with E-state index in [-0.39, 0.29) is 12.1 Å². The standard InChI is InChI=1S/C16H28N4/c1-4-19(5-2)15-8-10-20(12-15)16(13(3)17)14-7-6-9-18-11-14/h6-7,9,11,13,15-16H,4-5,8,10,12,17H2,1-3H3. The smallest absolute Gasteiger partial charge is 0.0512 e. The summed E-state index contributed by atoms with van der Waals surface area (Å²) in [5.74, 6) is 0. The van der Waals surface area contributed by atoms with Gasteiger partial charge in [0, 0.05) is 37.6 Å². The molecule has 1 aliphatic rings. The summed E-state index contributed by atoms with van der Waals surface area (Å²) in [5.41, 5.74) is 7.49. The molecule has 0 bridgehead atoms. The SMILES string of the molecule is CCN(CC)C1CCN(C(c2cccnc2)C(C)N)C1. The largest absolute Gasteiger partial charge is 0.326 e. The molecule has 1 fully saturated rings. The number of hydrogen-bond acceptors (Lipinski definition) is 4. The van der Waals surface area contributed by atoms with Crippen molar-refractivity contribution < 1.29 is 0 Å². The van der Waals surface area contributed by atoms with E-state index in [4.69, 9.17) is 5.73 Å². The molecule has 0 amide bonds. The number of nitrogens with zero attached hydrogens (tertiary/aromatic N) is 3. The Balaban J connectivity index is 2.09. The highest BCUT2D eigenvalue weighted by Crippen LogP contribution is 2.28. The summed E-state index contributed by atoms with van der Waals surface area (Å²) in [5, 5.41) is 0. The summed E-state index contributed by atoms with van der Waals surface area (Å²) in [6.07, 6.45) is 5.02. The molecule has 2 rings (SSSR count). The molecule has 2 N–H and O–H groups in total. The van der Waals surface area contributed by atoms with Crippen molar-refractivity contribution >= 4 is 0 Å². The van der Waals surface area contributed by atoms with Crippen LogP contribution in [0.1, 0.15) is 38.8 Å². The van der Waals surface area contributed by atoms with Crippen LogP contribution in [0, 0.1) is 0 Å². The Hall–Kier alpha value is -0.970. The summed E-state index contributed by atoms with van der Waals surface area (Å²) >= 11 is 0. The van der Waals surface area contributed by atoms with Crippen molar-refractivity contribution in [3.63, 3.8) is 0 Å². The molecule has 112 valence electrons. The minimum atomic E-state index is 0.120. The van der Waals surface area contributed by atoms with Crippen molar-refractivity contribution in [1.82, 2.24) is 14.8 Å². The summed E-state index contributed by atoms with van der Waals surface area (Å²) < 4.78 is 0. The van der Waals surface area contributed by atoms with Crippen LogP contribution in [0.3, 0.4) is 0 Å². The predicted octanol–water partition coefficient (Wildman–Crippen LogP) is 1.89. The number of aromatic nitrogens is 1. The van der Waals surface area contributed by atoms with E-state index in [0.717, 1.165) is 26.2 Å². The molecule has 4 nitrogen and oxygen atoms in total. The first-order valence-corrected chi connectivity index (χ1v) is 7.81. The molecule has 20 heavy (non-hydrogen) atoms. The van der Waals surface area contributed by atoms with Gasteiger partial charge in [-0.05, 0) is 38.1 Å². The van der Waals surface area contributed by atoms with Gasteiger partial charge in [0.1, 0.15) is 0 Å². The van der Waals surface area contributed by atoms with Crippen LogP contribution in [0.2, 0.25) is 0 Å². The number of hydrogen-bond donors (Lipinski definition) is 1. The first kappa shape index (κ1) is 15.4. The van der Waals surface area contributed by atoms with Gasteiger partial charge in [-0.2, -0.15) is 0 Å². The van der Waals surface area contributed by atoms with Crippen molar-refractivity contribution in [3.05, 3.63) is 30.1 Å². The zero-order valence-electron chi connectivity index (χ0n) is 13.0. The molecule has 3 unspecified atom stereocenters. The molecule has 4 heteroatoms. The minimum absolute atomic E-state index is 0.120. The van der Waals surface area contributed by atoms with E-state index in [1.54, 1.807) is 0 Å². The molecular weight excluding hydrogens is 248 g/mol. The van der Waals surface area contributed by atoms with E-state index in [1.165, 1.54) is 12.0 Å². The van der Waals surface area contributed by atoms with E-state index in [2.05, 4.69) is 41.6 Å². The summed E-state index contributed by atoms with van der Waals surface area (Å²) in [6, 6.07) is 5.22. The lowest BCUT2D eigenvalue weighted by Gasteiger charge is -2.32. The van der Waals surface area contributed by atoms with Crippen LogP contribution < -0.4 is 5.73 Å². The van der Waals surface area contributed by atoms with Crippen LogP contribution in [-0.2, 0) is 0 Å². The summed E-state index contributed by atoms with van der Waals surface area (Å²) in [4.78, 5) is 9.34. The van der Waals surface area contributed by atoms with Crippen LogP contribution >= 0.6 is 0 Å². The zero-order chi connectivity index (χ0) is 14.5. The Morgan fingerprint density at radius 1 is 1.45 bits per heavy atom. The first-order valence-electron chi connectivity index (χ1n) is 7.81. The Kier molecular flexibility index (Phi) is 5.52. The Morgan fingerprint density at radius 2 is 2.20 bits per heavy atom. The Bertz CT molecular complexity index is 389. The molecule has 2 heterocycles. The monoisotopic (exact) mass is 276 g/mol. The van der Waals surface area contributed by atoms with Crippen LogP contribution in [0.15, 0.2) is 24.5 Å². The molecule has 1 aromatic rings. The second-order valence-electron chi connectivity index (χ2n) is 5.75. The second-order valence-corrected chi connectivity index (χ2v) is 5.75. The fourth-order valence-corrected chi connectivity index (χ4v) is 3.46.